The molecule has 0 saturated carbocycles. The molecule has 0 atom stereocenters. The topological polar surface area (TPSA) is 45.1 Å². The molecule has 0 bridgehead atoms. The first-order valence-corrected chi connectivity index (χ1v) is 15.4. The molecule has 1 aliphatic rings. The number of rotatable bonds is 7. The number of hydrogen-bond acceptors (Lipinski definition) is 4. The molecule has 1 fully saturated rings. The van der Waals surface area contributed by atoms with Gasteiger partial charge >= 0.3 is 0 Å². The van der Waals surface area contributed by atoms with Crippen LogP contribution in [0.25, 0.3) is 0 Å². The van der Waals surface area contributed by atoms with Crippen LogP contribution in [0, 0.1) is 18.7 Å². The molecule has 6 heteroatoms. The van der Waals surface area contributed by atoms with Crippen LogP contribution in [0.1, 0.15) is 61.7 Å². The molecule has 0 spiro atoms. The summed E-state index contributed by atoms with van der Waals surface area (Å²) in [6.07, 6.45) is 0. The largest absolute Gasteiger partial charge is 0.457 e. The van der Waals surface area contributed by atoms with Crippen molar-refractivity contribution in [2.75, 3.05) is 31.1 Å². The van der Waals surface area contributed by atoms with Gasteiger partial charge in [0, 0.05) is 37.4 Å². The van der Waals surface area contributed by atoms with Gasteiger partial charge in [-0.05, 0) is 95.6 Å². The molecule has 0 aromatic heterocycles. The van der Waals surface area contributed by atoms with Crippen molar-refractivity contribution in [2.24, 2.45) is 10.9 Å². The van der Waals surface area contributed by atoms with Gasteiger partial charge in [0.1, 0.15) is 17.3 Å². The second-order valence-corrected chi connectivity index (χ2v) is 12.8. The second-order valence-electron chi connectivity index (χ2n) is 12.8. The molecule has 5 nitrogen and oxygen atoms in total. The van der Waals surface area contributed by atoms with E-state index in [1.807, 2.05) is 60.4 Å². The van der Waals surface area contributed by atoms with Crippen molar-refractivity contribution in [1.82, 2.24) is 4.90 Å². The number of anilines is 1. The summed E-state index contributed by atoms with van der Waals surface area (Å²) in [5.74, 6) is 1.44. The van der Waals surface area contributed by atoms with Crippen LogP contribution in [0.2, 0.25) is 0 Å². The van der Waals surface area contributed by atoms with Gasteiger partial charge in [-0.3, -0.25) is 9.79 Å². The van der Waals surface area contributed by atoms with Gasteiger partial charge in [0.05, 0.1) is 11.4 Å². The molecule has 0 N–H and O–H groups in total. The van der Waals surface area contributed by atoms with Crippen LogP contribution in [0.5, 0.6) is 11.5 Å². The zero-order valence-electron chi connectivity index (χ0n) is 26.6. The van der Waals surface area contributed by atoms with Gasteiger partial charge < -0.3 is 14.5 Å². The van der Waals surface area contributed by atoms with E-state index >= 15 is 0 Å². The highest BCUT2D eigenvalue weighted by atomic mass is 19.1. The fourth-order valence-electron chi connectivity index (χ4n) is 5.40. The lowest BCUT2D eigenvalue weighted by Gasteiger charge is -2.36. The van der Waals surface area contributed by atoms with Crippen LogP contribution in [-0.2, 0) is 5.41 Å². The molecule has 1 saturated heterocycles. The molecule has 0 unspecified atom stereocenters. The van der Waals surface area contributed by atoms with Crippen LogP contribution in [0.4, 0.5) is 15.8 Å². The first-order valence-electron chi connectivity index (χ1n) is 15.4. The number of amides is 1. The summed E-state index contributed by atoms with van der Waals surface area (Å²) in [4.78, 5) is 22.7. The van der Waals surface area contributed by atoms with Gasteiger partial charge in [-0.25, -0.2) is 4.39 Å². The third-order valence-corrected chi connectivity index (χ3v) is 8.09. The molecular formula is C38H42FN3O2. The van der Waals surface area contributed by atoms with Crippen LogP contribution < -0.4 is 9.64 Å². The fourth-order valence-corrected chi connectivity index (χ4v) is 5.40. The third-order valence-electron chi connectivity index (χ3n) is 8.09. The van der Waals surface area contributed by atoms with Crippen molar-refractivity contribution >= 4 is 23.0 Å². The van der Waals surface area contributed by atoms with Gasteiger partial charge in [-0.1, -0.05) is 65.0 Å². The Bertz CT molecular complexity index is 1630. The molecule has 44 heavy (non-hydrogen) atoms. The number of piperazine rings is 1. The summed E-state index contributed by atoms with van der Waals surface area (Å²) >= 11 is 0. The van der Waals surface area contributed by atoms with E-state index in [2.05, 4.69) is 57.7 Å². The van der Waals surface area contributed by atoms with E-state index in [4.69, 9.17) is 9.73 Å². The lowest BCUT2D eigenvalue weighted by Crippen LogP contribution is -2.48. The van der Waals surface area contributed by atoms with Gasteiger partial charge in [0.15, 0.2) is 0 Å². The SMILES string of the molecule is Cc1ccc(C(=O)N2CCN(c3ccc(F)cc3)CC2)cc1N=C(c1cccc(Oc2ccc(C(C)(C)C)cc2)c1)C(C)C. The smallest absolute Gasteiger partial charge is 0.254 e. The van der Waals surface area contributed by atoms with Crippen molar-refractivity contribution in [1.29, 1.82) is 0 Å². The summed E-state index contributed by atoms with van der Waals surface area (Å²) in [5.41, 5.74) is 6.65. The summed E-state index contributed by atoms with van der Waals surface area (Å²) in [5, 5.41) is 0. The summed E-state index contributed by atoms with van der Waals surface area (Å²) in [6, 6.07) is 28.6. The minimum Gasteiger partial charge on any atom is -0.457 e. The Morgan fingerprint density at radius 2 is 1.50 bits per heavy atom. The molecule has 0 aliphatic carbocycles. The fraction of sp³-hybridized carbons (Fsp3) is 0.316. The number of benzene rings is 4. The number of halogens is 1. The normalized spacial score (nSPS) is 14.2. The summed E-state index contributed by atoms with van der Waals surface area (Å²) < 4.78 is 19.6. The van der Waals surface area contributed by atoms with E-state index in [0.29, 0.717) is 31.7 Å². The molecule has 1 heterocycles. The van der Waals surface area contributed by atoms with Crippen molar-refractivity contribution < 1.29 is 13.9 Å². The number of nitrogens with zero attached hydrogens (tertiary/aromatic N) is 3. The van der Waals surface area contributed by atoms with Gasteiger partial charge in [0.25, 0.3) is 5.91 Å². The van der Waals surface area contributed by atoms with Crippen molar-refractivity contribution in [3.63, 3.8) is 0 Å². The Hall–Kier alpha value is -4.45. The zero-order chi connectivity index (χ0) is 31.4. The average molecular weight is 592 g/mol. The lowest BCUT2D eigenvalue weighted by atomic mass is 9.87. The number of aryl methyl sites for hydroxylation is 1. The van der Waals surface area contributed by atoms with Crippen molar-refractivity contribution in [3.8, 4) is 11.5 Å². The van der Waals surface area contributed by atoms with E-state index < -0.39 is 0 Å². The number of hydrogen-bond donors (Lipinski definition) is 0. The van der Waals surface area contributed by atoms with E-state index in [1.54, 1.807) is 12.1 Å². The number of ether oxygens (including phenoxy) is 1. The van der Waals surface area contributed by atoms with E-state index in [9.17, 15) is 9.18 Å². The Balaban J connectivity index is 1.33. The highest BCUT2D eigenvalue weighted by Gasteiger charge is 2.23. The third kappa shape index (κ3) is 7.36. The predicted molar refractivity (Wildman–Crippen MR) is 178 cm³/mol. The number of aliphatic imine (C=N–C) groups is 1. The van der Waals surface area contributed by atoms with Crippen LogP contribution in [-0.4, -0.2) is 42.7 Å². The second kappa shape index (κ2) is 13.0. The Morgan fingerprint density at radius 3 is 2.14 bits per heavy atom. The highest BCUT2D eigenvalue weighted by molar-refractivity contribution is 6.04. The molecule has 1 aliphatic heterocycles. The van der Waals surface area contributed by atoms with Gasteiger partial charge in [0.2, 0.25) is 0 Å². The molecule has 4 aromatic rings. The molecule has 5 rings (SSSR count). The van der Waals surface area contributed by atoms with Gasteiger partial charge in [-0.2, -0.15) is 0 Å². The Kier molecular flexibility index (Phi) is 9.19. The maximum absolute atomic E-state index is 13.5. The quantitative estimate of drug-likeness (QED) is 0.202. The summed E-state index contributed by atoms with van der Waals surface area (Å²) in [7, 11) is 0. The van der Waals surface area contributed by atoms with E-state index in [1.165, 1.54) is 17.7 Å². The zero-order valence-corrected chi connectivity index (χ0v) is 26.6. The van der Waals surface area contributed by atoms with E-state index in [0.717, 1.165) is 39.7 Å². The molecule has 1 amide bonds. The summed E-state index contributed by atoms with van der Waals surface area (Å²) in [6.45, 7) is 15.5. The predicted octanol–water partition coefficient (Wildman–Crippen LogP) is 8.96. The monoisotopic (exact) mass is 591 g/mol. The molecule has 228 valence electrons. The average Bonchev–Trinajstić information content (AvgIpc) is 3.00. The first-order chi connectivity index (χ1) is 21.0. The Morgan fingerprint density at radius 1 is 0.818 bits per heavy atom. The molecule has 4 aromatic carbocycles. The van der Waals surface area contributed by atoms with Crippen molar-refractivity contribution in [3.05, 3.63) is 119 Å². The minimum atomic E-state index is -0.246. The molecule has 0 radical (unpaired) electrons. The van der Waals surface area contributed by atoms with Crippen LogP contribution >= 0.6 is 0 Å². The number of carbonyl (C=O) groups is 1. The van der Waals surface area contributed by atoms with Gasteiger partial charge in [-0.15, -0.1) is 0 Å². The maximum atomic E-state index is 13.5. The van der Waals surface area contributed by atoms with Crippen LogP contribution in [0.3, 0.4) is 0 Å². The number of carbonyl (C=O) groups excluding carboxylic acids is 1. The molecular weight excluding hydrogens is 549 g/mol. The van der Waals surface area contributed by atoms with E-state index in [-0.39, 0.29) is 23.1 Å². The minimum absolute atomic E-state index is 0.000760. The Labute approximate surface area is 261 Å². The highest BCUT2D eigenvalue weighted by Crippen LogP contribution is 2.29. The lowest BCUT2D eigenvalue weighted by molar-refractivity contribution is 0.0747. The van der Waals surface area contributed by atoms with Crippen LogP contribution in [0.15, 0.2) is 96.0 Å². The standard InChI is InChI=1S/C38H42FN3O2/c1-26(2)36(28-8-7-9-34(24-28)44-33-18-12-30(13-19-33)38(4,5)6)40-35-25-29(11-10-27(35)3)37(43)42-22-20-41(21-23-42)32-16-14-31(39)15-17-32/h7-19,24-26H,20-23H2,1-6H3. The first kappa shape index (κ1) is 31.0. The van der Waals surface area contributed by atoms with Crippen molar-refractivity contribution in [2.45, 2.75) is 47.0 Å². The maximum Gasteiger partial charge on any atom is 0.254 e.